The van der Waals surface area contributed by atoms with Crippen molar-refractivity contribution in [2.75, 3.05) is 17.7 Å². The lowest BCUT2D eigenvalue weighted by molar-refractivity contribution is -0.124. The van der Waals surface area contributed by atoms with Crippen LogP contribution in [-0.2, 0) is 16.1 Å². The van der Waals surface area contributed by atoms with Gasteiger partial charge >= 0.3 is 0 Å². The number of rotatable bonds is 3. The second-order valence-corrected chi connectivity index (χ2v) is 6.55. The zero-order valence-corrected chi connectivity index (χ0v) is 12.9. The minimum atomic E-state index is -0.324. The van der Waals surface area contributed by atoms with E-state index in [4.69, 9.17) is 4.74 Å². The quantitative estimate of drug-likeness (QED) is 0.946. The molecule has 0 aliphatic carbocycles. The number of hydrogen-bond acceptors (Lipinski definition) is 4. The summed E-state index contributed by atoms with van der Waals surface area (Å²) in [5.41, 5.74) is 2.66. The number of thioether (sulfide) groups is 1. The summed E-state index contributed by atoms with van der Waals surface area (Å²) in [6.07, 6.45) is 3.48. The van der Waals surface area contributed by atoms with Gasteiger partial charge in [0, 0.05) is 30.7 Å². The number of para-hydroxylation sites is 1. The summed E-state index contributed by atoms with van der Waals surface area (Å²) < 4.78 is 7.61. The molecule has 1 N–H and O–H groups in total. The Labute approximate surface area is 133 Å². The van der Waals surface area contributed by atoms with E-state index in [1.165, 1.54) is 0 Å². The van der Waals surface area contributed by atoms with Crippen LogP contribution >= 0.6 is 11.8 Å². The molecule has 0 bridgehead atoms. The molecule has 1 unspecified atom stereocenters. The van der Waals surface area contributed by atoms with Crippen molar-refractivity contribution in [1.82, 2.24) is 9.55 Å². The number of imidazole rings is 1. The highest BCUT2D eigenvalue weighted by atomic mass is 32.2. The number of amides is 1. The molecule has 114 valence electrons. The third-order valence-electron chi connectivity index (χ3n) is 3.99. The largest absolute Gasteiger partial charge is 0.368 e. The Morgan fingerprint density at radius 2 is 2.32 bits per heavy atom. The number of ether oxygens (including phenoxy) is 1. The number of benzene rings is 1. The van der Waals surface area contributed by atoms with E-state index in [1.54, 1.807) is 11.8 Å². The lowest BCUT2D eigenvalue weighted by Gasteiger charge is -2.13. The van der Waals surface area contributed by atoms with Crippen molar-refractivity contribution in [2.45, 2.75) is 30.6 Å². The third kappa shape index (κ3) is 2.53. The maximum Gasteiger partial charge on any atom is 0.253 e. The monoisotopic (exact) mass is 315 g/mol. The minimum Gasteiger partial charge on any atom is -0.368 e. The SMILES string of the molecule is O=C(Nc1ccccc1-c1cn2c(n1)SCC2)C1CCCO1. The van der Waals surface area contributed by atoms with Gasteiger partial charge in [0.15, 0.2) is 5.16 Å². The topological polar surface area (TPSA) is 56.2 Å². The van der Waals surface area contributed by atoms with Crippen LogP contribution in [0.1, 0.15) is 12.8 Å². The molecule has 1 saturated heterocycles. The standard InChI is InChI=1S/C16H17N3O2S/c20-15(14-6-3-8-21-14)17-12-5-2-1-4-11(12)13-10-19-7-9-22-16(19)18-13/h1-2,4-5,10,14H,3,6-9H2,(H,17,20). The lowest BCUT2D eigenvalue weighted by Crippen LogP contribution is -2.27. The molecule has 2 aliphatic heterocycles. The summed E-state index contributed by atoms with van der Waals surface area (Å²) in [6.45, 7) is 1.67. The summed E-state index contributed by atoms with van der Waals surface area (Å²) in [6, 6.07) is 7.80. The predicted octanol–water partition coefficient (Wildman–Crippen LogP) is 2.77. The van der Waals surface area contributed by atoms with Crippen molar-refractivity contribution in [1.29, 1.82) is 0 Å². The van der Waals surface area contributed by atoms with Gasteiger partial charge in [-0.1, -0.05) is 30.0 Å². The van der Waals surface area contributed by atoms with E-state index in [0.717, 1.165) is 47.2 Å². The van der Waals surface area contributed by atoms with Gasteiger partial charge in [-0.2, -0.15) is 0 Å². The number of hydrogen-bond donors (Lipinski definition) is 1. The smallest absolute Gasteiger partial charge is 0.253 e. The molecule has 1 amide bonds. The van der Waals surface area contributed by atoms with Crippen LogP contribution in [0.5, 0.6) is 0 Å². The molecule has 6 heteroatoms. The van der Waals surface area contributed by atoms with Gasteiger partial charge in [-0.3, -0.25) is 4.79 Å². The lowest BCUT2D eigenvalue weighted by atomic mass is 10.1. The van der Waals surface area contributed by atoms with Gasteiger partial charge in [-0.25, -0.2) is 4.98 Å². The second-order valence-electron chi connectivity index (χ2n) is 5.49. The van der Waals surface area contributed by atoms with Crippen LogP contribution in [0.15, 0.2) is 35.6 Å². The van der Waals surface area contributed by atoms with E-state index in [-0.39, 0.29) is 12.0 Å². The van der Waals surface area contributed by atoms with Crippen molar-refractivity contribution < 1.29 is 9.53 Å². The number of aromatic nitrogens is 2. The molecule has 2 aliphatic rings. The van der Waals surface area contributed by atoms with Crippen molar-refractivity contribution in [3.05, 3.63) is 30.5 Å². The first-order valence-electron chi connectivity index (χ1n) is 7.53. The Hall–Kier alpha value is -1.79. The van der Waals surface area contributed by atoms with Crippen LogP contribution in [0.25, 0.3) is 11.3 Å². The molecular formula is C16H17N3O2S. The highest BCUT2D eigenvalue weighted by molar-refractivity contribution is 7.99. The third-order valence-corrected chi connectivity index (χ3v) is 4.96. The van der Waals surface area contributed by atoms with Gasteiger partial charge in [0.1, 0.15) is 6.10 Å². The van der Waals surface area contributed by atoms with Crippen molar-refractivity contribution in [2.24, 2.45) is 0 Å². The van der Waals surface area contributed by atoms with Crippen molar-refractivity contribution in [3.63, 3.8) is 0 Å². The van der Waals surface area contributed by atoms with Gasteiger partial charge < -0.3 is 14.6 Å². The Balaban J connectivity index is 1.61. The normalized spacial score (nSPS) is 20.1. The number of anilines is 1. The highest BCUT2D eigenvalue weighted by Gasteiger charge is 2.24. The molecule has 1 atom stereocenters. The molecule has 22 heavy (non-hydrogen) atoms. The Morgan fingerprint density at radius 1 is 1.41 bits per heavy atom. The first kappa shape index (κ1) is 13.8. The summed E-state index contributed by atoms with van der Waals surface area (Å²) in [7, 11) is 0. The van der Waals surface area contributed by atoms with E-state index in [1.807, 2.05) is 24.3 Å². The summed E-state index contributed by atoms with van der Waals surface area (Å²) in [5.74, 6) is 1.02. The van der Waals surface area contributed by atoms with Gasteiger partial charge in [0.2, 0.25) is 0 Å². The fourth-order valence-corrected chi connectivity index (χ4v) is 3.80. The van der Waals surface area contributed by atoms with Crippen LogP contribution in [0.3, 0.4) is 0 Å². The molecule has 0 radical (unpaired) electrons. The Morgan fingerprint density at radius 3 is 3.14 bits per heavy atom. The molecule has 0 spiro atoms. The molecule has 3 heterocycles. The van der Waals surface area contributed by atoms with Crippen LogP contribution in [0, 0.1) is 0 Å². The van der Waals surface area contributed by atoms with Crippen LogP contribution < -0.4 is 5.32 Å². The van der Waals surface area contributed by atoms with Crippen molar-refractivity contribution >= 4 is 23.4 Å². The van der Waals surface area contributed by atoms with Crippen molar-refractivity contribution in [3.8, 4) is 11.3 Å². The molecule has 2 aromatic rings. The Kier molecular flexibility index (Phi) is 3.63. The molecule has 1 aromatic carbocycles. The van der Waals surface area contributed by atoms with Crippen LogP contribution in [0.2, 0.25) is 0 Å². The average Bonchev–Trinajstić information content (AvgIpc) is 3.24. The van der Waals surface area contributed by atoms with E-state index < -0.39 is 0 Å². The molecule has 5 nitrogen and oxygen atoms in total. The van der Waals surface area contributed by atoms with Gasteiger partial charge in [0.05, 0.1) is 11.4 Å². The number of fused-ring (bicyclic) bond motifs is 1. The van der Waals surface area contributed by atoms with Gasteiger partial charge in [-0.15, -0.1) is 0 Å². The van der Waals surface area contributed by atoms with Crippen LogP contribution in [-0.4, -0.2) is 33.9 Å². The number of nitrogens with one attached hydrogen (secondary N) is 1. The first-order valence-corrected chi connectivity index (χ1v) is 8.52. The minimum absolute atomic E-state index is 0.0638. The van der Waals surface area contributed by atoms with E-state index in [9.17, 15) is 4.79 Å². The number of nitrogens with zero attached hydrogens (tertiary/aromatic N) is 2. The molecule has 1 aromatic heterocycles. The van der Waals surface area contributed by atoms with E-state index in [2.05, 4.69) is 21.1 Å². The molecular weight excluding hydrogens is 298 g/mol. The first-order chi connectivity index (χ1) is 10.8. The zero-order valence-electron chi connectivity index (χ0n) is 12.1. The summed E-state index contributed by atoms with van der Waals surface area (Å²) >= 11 is 1.77. The number of aryl methyl sites for hydroxylation is 1. The van der Waals surface area contributed by atoms with E-state index >= 15 is 0 Å². The van der Waals surface area contributed by atoms with Crippen LogP contribution in [0.4, 0.5) is 5.69 Å². The van der Waals surface area contributed by atoms with Gasteiger partial charge in [-0.05, 0) is 18.9 Å². The highest BCUT2D eigenvalue weighted by Crippen LogP contribution is 2.32. The zero-order chi connectivity index (χ0) is 14.9. The summed E-state index contributed by atoms with van der Waals surface area (Å²) in [5, 5.41) is 4.05. The maximum atomic E-state index is 12.3. The molecule has 1 fully saturated rings. The number of carbonyl (C=O) groups excluding carboxylic acids is 1. The second kappa shape index (κ2) is 5.78. The maximum absolute atomic E-state index is 12.3. The fraction of sp³-hybridized carbons (Fsp3) is 0.375. The summed E-state index contributed by atoms with van der Waals surface area (Å²) in [4.78, 5) is 16.9. The Bertz CT molecular complexity index is 686. The fourth-order valence-electron chi connectivity index (χ4n) is 2.85. The average molecular weight is 315 g/mol. The van der Waals surface area contributed by atoms with E-state index in [0.29, 0.717) is 6.61 Å². The number of carbonyl (C=O) groups is 1. The molecule has 4 rings (SSSR count). The molecule has 0 saturated carbocycles. The van der Waals surface area contributed by atoms with Gasteiger partial charge in [0.25, 0.3) is 5.91 Å². The predicted molar refractivity (Wildman–Crippen MR) is 86.0 cm³/mol.